The molecule has 1 rings (SSSR count). The van der Waals surface area contributed by atoms with Crippen LogP contribution in [0.4, 0.5) is 0 Å². The summed E-state index contributed by atoms with van der Waals surface area (Å²) in [4.78, 5) is 12.2. The first kappa shape index (κ1) is 14.5. The van der Waals surface area contributed by atoms with E-state index in [9.17, 15) is 4.79 Å². The van der Waals surface area contributed by atoms with E-state index in [1.807, 2.05) is 13.8 Å². The van der Waals surface area contributed by atoms with Crippen LogP contribution in [0.25, 0.3) is 0 Å². The molecule has 2 N–H and O–H groups in total. The number of carbonyl (C=O) groups excluding carboxylic acids is 1. The number of hydrogen-bond acceptors (Lipinski definition) is 4. The molecule has 18 heavy (non-hydrogen) atoms. The van der Waals surface area contributed by atoms with Crippen LogP contribution in [0.5, 0.6) is 11.5 Å². The molecule has 1 aromatic rings. The Morgan fingerprint density at radius 2 is 1.67 bits per heavy atom. The summed E-state index contributed by atoms with van der Waals surface area (Å²) in [5.41, 5.74) is 6.43. The zero-order valence-corrected chi connectivity index (χ0v) is 11.4. The van der Waals surface area contributed by atoms with E-state index in [4.69, 9.17) is 15.2 Å². The molecule has 0 aromatic heterocycles. The summed E-state index contributed by atoms with van der Waals surface area (Å²) in [6.07, 6.45) is 0.665. The molecule has 1 atom stereocenters. The third-order valence-electron chi connectivity index (χ3n) is 2.70. The minimum absolute atomic E-state index is 0.0825. The van der Waals surface area contributed by atoms with Gasteiger partial charge in [-0.1, -0.05) is 13.8 Å². The molecular formula is C14H21NO3. The van der Waals surface area contributed by atoms with Crippen molar-refractivity contribution in [3.63, 3.8) is 0 Å². The number of hydrogen-bond donors (Lipinski definition) is 1. The Morgan fingerprint density at radius 1 is 1.17 bits per heavy atom. The lowest BCUT2D eigenvalue weighted by Gasteiger charge is -2.14. The van der Waals surface area contributed by atoms with Gasteiger partial charge in [-0.05, 0) is 24.5 Å². The van der Waals surface area contributed by atoms with Gasteiger partial charge in [-0.3, -0.25) is 4.79 Å². The maximum atomic E-state index is 12.2. The van der Waals surface area contributed by atoms with Crippen molar-refractivity contribution in [2.75, 3.05) is 14.2 Å². The molecule has 1 unspecified atom stereocenters. The SMILES string of the molecule is COc1cc(OC)cc(C(=O)C(N)CC(C)C)c1. The molecule has 0 aliphatic carbocycles. The fourth-order valence-corrected chi connectivity index (χ4v) is 1.78. The summed E-state index contributed by atoms with van der Waals surface area (Å²) in [5, 5.41) is 0. The molecule has 0 aliphatic heterocycles. The van der Waals surface area contributed by atoms with Crippen LogP contribution < -0.4 is 15.2 Å². The van der Waals surface area contributed by atoms with Crippen molar-refractivity contribution >= 4 is 5.78 Å². The van der Waals surface area contributed by atoms with Gasteiger partial charge in [0.2, 0.25) is 0 Å². The lowest BCUT2D eigenvalue weighted by Crippen LogP contribution is -2.31. The normalized spacial score (nSPS) is 12.3. The first-order chi connectivity index (χ1) is 8.47. The monoisotopic (exact) mass is 251 g/mol. The molecule has 1 aromatic carbocycles. The van der Waals surface area contributed by atoms with Crippen LogP contribution in [-0.2, 0) is 0 Å². The zero-order chi connectivity index (χ0) is 13.7. The van der Waals surface area contributed by atoms with Crippen LogP contribution in [0.2, 0.25) is 0 Å². The topological polar surface area (TPSA) is 61.5 Å². The van der Waals surface area contributed by atoms with Crippen LogP contribution in [0.3, 0.4) is 0 Å². The van der Waals surface area contributed by atoms with Gasteiger partial charge in [-0.2, -0.15) is 0 Å². The molecule has 0 aliphatic rings. The molecular weight excluding hydrogens is 230 g/mol. The lowest BCUT2D eigenvalue weighted by atomic mass is 9.96. The van der Waals surface area contributed by atoms with Gasteiger partial charge in [-0.15, -0.1) is 0 Å². The Bertz CT molecular complexity index is 393. The molecule has 0 bridgehead atoms. The van der Waals surface area contributed by atoms with Crippen molar-refractivity contribution < 1.29 is 14.3 Å². The van der Waals surface area contributed by atoms with E-state index in [0.29, 0.717) is 29.4 Å². The molecule has 0 radical (unpaired) electrons. The van der Waals surface area contributed by atoms with Gasteiger partial charge in [0, 0.05) is 11.6 Å². The largest absolute Gasteiger partial charge is 0.497 e. The van der Waals surface area contributed by atoms with E-state index in [2.05, 4.69) is 0 Å². The summed E-state index contributed by atoms with van der Waals surface area (Å²) in [6.45, 7) is 4.08. The Balaban J connectivity index is 2.97. The van der Waals surface area contributed by atoms with Crippen molar-refractivity contribution in [3.8, 4) is 11.5 Å². The molecule has 0 saturated heterocycles. The summed E-state index contributed by atoms with van der Waals surface area (Å²) in [6, 6.07) is 4.61. The van der Waals surface area contributed by atoms with Crippen molar-refractivity contribution in [3.05, 3.63) is 23.8 Å². The van der Waals surface area contributed by atoms with Crippen LogP contribution in [0, 0.1) is 5.92 Å². The maximum absolute atomic E-state index is 12.2. The fraction of sp³-hybridized carbons (Fsp3) is 0.500. The zero-order valence-electron chi connectivity index (χ0n) is 11.4. The highest BCUT2D eigenvalue weighted by Crippen LogP contribution is 2.23. The number of benzene rings is 1. The second-order valence-corrected chi connectivity index (χ2v) is 4.70. The fourth-order valence-electron chi connectivity index (χ4n) is 1.78. The molecule has 0 spiro atoms. The van der Waals surface area contributed by atoms with Crippen molar-refractivity contribution in [2.24, 2.45) is 11.7 Å². The first-order valence-corrected chi connectivity index (χ1v) is 6.00. The molecule has 4 nitrogen and oxygen atoms in total. The van der Waals surface area contributed by atoms with Gasteiger partial charge >= 0.3 is 0 Å². The van der Waals surface area contributed by atoms with Crippen LogP contribution in [0.15, 0.2) is 18.2 Å². The van der Waals surface area contributed by atoms with Gasteiger partial charge in [0.1, 0.15) is 11.5 Å². The molecule has 0 amide bonds. The Hall–Kier alpha value is -1.55. The van der Waals surface area contributed by atoms with E-state index in [-0.39, 0.29) is 5.78 Å². The van der Waals surface area contributed by atoms with Crippen LogP contribution in [0.1, 0.15) is 30.6 Å². The summed E-state index contributed by atoms with van der Waals surface area (Å²) in [7, 11) is 3.11. The lowest BCUT2D eigenvalue weighted by molar-refractivity contribution is 0.0950. The summed E-state index contributed by atoms with van der Waals surface area (Å²) >= 11 is 0. The van der Waals surface area contributed by atoms with Crippen molar-refractivity contribution in [1.29, 1.82) is 0 Å². The van der Waals surface area contributed by atoms with Gasteiger partial charge in [0.05, 0.1) is 20.3 Å². The van der Waals surface area contributed by atoms with E-state index in [1.165, 1.54) is 0 Å². The Morgan fingerprint density at radius 3 is 2.06 bits per heavy atom. The predicted octanol–water partition coefficient (Wildman–Crippen LogP) is 2.26. The molecule has 0 heterocycles. The number of ether oxygens (including phenoxy) is 2. The highest BCUT2D eigenvalue weighted by Gasteiger charge is 2.18. The van der Waals surface area contributed by atoms with Crippen molar-refractivity contribution in [1.82, 2.24) is 0 Å². The average Bonchev–Trinajstić information content (AvgIpc) is 2.36. The van der Waals surface area contributed by atoms with Gasteiger partial charge in [0.15, 0.2) is 5.78 Å². The van der Waals surface area contributed by atoms with Gasteiger partial charge < -0.3 is 15.2 Å². The second-order valence-electron chi connectivity index (χ2n) is 4.70. The smallest absolute Gasteiger partial charge is 0.179 e. The summed E-state index contributed by atoms with van der Waals surface area (Å²) < 4.78 is 10.3. The quantitative estimate of drug-likeness (QED) is 0.788. The first-order valence-electron chi connectivity index (χ1n) is 6.00. The van der Waals surface area contributed by atoms with Gasteiger partial charge in [-0.25, -0.2) is 0 Å². The second kappa shape index (κ2) is 6.40. The van der Waals surface area contributed by atoms with E-state index in [1.54, 1.807) is 32.4 Å². The average molecular weight is 251 g/mol. The highest BCUT2D eigenvalue weighted by atomic mass is 16.5. The number of methoxy groups -OCH3 is 2. The van der Waals surface area contributed by atoms with Gasteiger partial charge in [0.25, 0.3) is 0 Å². The number of Topliss-reactive ketones (excluding diaryl/α,β-unsaturated/α-hetero) is 1. The third-order valence-corrected chi connectivity index (χ3v) is 2.70. The van der Waals surface area contributed by atoms with E-state index < -0.39 is 6.04 Å². The van der Waals surface area contributed by atoms with Crippen molar-refractivity contribution in [2.45, 2.75) is 26.3 Å². The number of ketones is 1. The van der Waals surface area contributed by atoms with E-state index >= 15 is 0 Å². The maximum Gasteiger partial charge on any atom is 0.179 e. The molecule has 0 saturated carbocycles. The Kier molecular flexibility index (Phi) is 5.16. The van der Waals surface area contributed by atoms with Crippen LogP contribution in [-0.4, -0.2) is 26.0 Å². The highest BCUT2D eigenvalue weighted by molar-refractivity contribution is 6.00. The predicted molar refractivity (Wildman–Crippen MR) is 71.3 cm³/mol. The number of carbonyl (C=O) groups is 1. The minimum Gasteiger partial charge on any atom is -0.497 e. The third kappa shape index (κ3) is 3.74. The van der Waals surface area contributed by atoms with E-state index in [0.717, 1.165) is 0 Å². The molecule has 0 fully saturated rings. The molecule has 4 heteroatoms. The molecule has 100 valence electrons. The number of nitrogens with two attached hydrogens (primary N) is 1. The minimum atomic E-state index is -0.484. The standard InChI is InChI=1S/C14H21NO3/c1-9(2)5-13(15)14(16)10-6-11(17-3)8-12(7-10)18-4/h6-9,13H,5,15H2,1-4H3. The number of rotatable bonds is 6. The Labute approximate surface area is 108 Å². The summed E-state index contributed by atoms with van der Waals surface area (Å²) in [5.74, 6) is 1.49. The van der Waals surface area contributed by atoms with Crippen LogP contribution >= 0.6 is 0 Å².